The van der Waals surface area contributed by atoms with Gasteiger partial charge in [0.05, 0.1) is 6.42 Å². The van der Waals surface area contributed by atoms with Crippen molar-refractivity contribution in [2.75, 3.05) is 0 Å². The fraction of sp³-hybridized carbons (Fsp3) is 0.167. The van der Waals surface area contributed by atoms with Gasteiger partial charge in [-0.1, -0.05) is 12.1 Å². The summed E-state index contributed by atoms with van der Waals surface area (Å²) in [6.07, 6.45) is 8.85. The van der Waals surface area contributed by atoms with E-state index in [-0.39, 0.29) is 17.0 Å². The third kappa shape index (κ3) is 2.79. The van der Waals surface area contributed by atoms with Crippen LogP contribution in [0.5, 0.6) is 0 Å². The molecule has 0 aliphatic heterocycles. The van der Waals surface area contributed by atoms with Gasteiger partial charge in [-0.15, -0.1) is 0 Å². The van der Waals surface area contributed by atoms with E-state index in [4.69, 9.17) is 5.11 Å². The van der Waals surface area contributed by atoms with E-state index in [0.717, 1.165) is 5.70 Å². The summed E-state index contributed by atoms with van der Waals surface area (Å²) in [7, 11) is 0. The van der Waals surface area contributed by atoms with Crippen LogP contribution in [0.4, 0.5) is 0 Å². The molecule has 1 heterocycles. The average Bonchev–Trinajstić information content (AvgIpc) is 2.30. The number of carboxylic acid groups (broad SMARTS) is 1. The van der Waals surface area contributed by atoms with Gasteiger partial charge in [0.25, 0.3) is 0 Å². The lowest BCUT2D eigenvalue weighted by Gasteiger charge is -2.06. The molecule has 0 amide bonds. The van der Waals surface area contributed by atoms with E-state index < -0.39 is 5.97 Å². The first-order chi connectivity index (χ1) is 7.27. The molecule has 0 aromatic carbocycles. The highest BCUT2D eigenvalue weighted by Crippen LogP contribution is 2.16. The Hall–Kier alpha value is -1.42. The van der Waals surface area contributed by atoms with Crippen molar-refractivity contribution < 1.29 is 31.4 Å². The largest absolute Gasteiger partial charge is 1.00 e. The van der Waals surface area contributed by atoms with E-state index >= 15 is 0 Å². The Kier molecular flexibility index (Phi) is 4.43. The predicted octanol–water partition coefficient (Wildman–Crippen LogP) is -1.38. The van der Waals surface area contributed by atoms with Crippen molar-refractivity contribution in [1.82, 2.24) is 0 Å². The SMILES string of the molecule is O=C(O)C1=CCC([n+]2ccccc2)=CC1.[Br-]. The number of nitrogens with zero attached hydrogens (tertiary/aromatic N) is 1. The topological polar surface area (TPSA) is 41.2 Å². The van der Waals surface area contributed by atoms with Gasteiger partial charge in [0.15, 0.2) is 18.1 Å². The van der Waals surface area contributed by atoms with Gasteiger partial charge >= 0.3 is 5.97 Å². The van der Waals surface area contributed by atoms with Crippen LogP contribution in [0.1, 0.15) is 12.8 Å². The van der Waals surface area contributed by atoms with Gasteiger partial charge in [-0.05, 0) is 6.08 Å². The molecule has 0 unspecified atom stereocenters. The molecular weight excluding hydrogens is 270 g/mol. The average molecular weight is 282 g/mol. The van der Waals surface area contributed by atoms with Gasteiger partial charge in [-0.25, -0.2) is 4.79 Å². The molecule has 1 N–H and O–H groups in total. The summed E-state index contributed by atoms with van der Waals surface area (Å²) in [6.45, 7) is 0. The van der Waals surface area contributed by atoms with E-state index in [1.165, 1.54) is 0 Å². The van der Waals surface area contributed by atoms with Crippen LogP contribution >= 0.6 is 0 Å². The quantitative estimate of drug-likeness (QED) is 0.680. The lowest BCUT2D eigenvalue weighted by atomic mass is 10.0. The third-order valence-electron chi connectivity index (χ3n) is 2.44. The normalized spacial score (nSPS) is 14.5. The zero-order valence-electron chi connectivity index (χ0n) is 8.64. The highest BCUT2D eigenvalue weighted by molar-refractivity contribution is 5.87. The molecule has 0 radical (unpaired) electrons. The van der Waals surface area contributed by atoms with Gasteiger partial charge in [0.1, 0.15) is 0 Å². The van der Waals surface area contributed by atoms with Gasteiger partial charge in [-0.2, -0.15) is 4.57 Å². The zero-order valence-corrected chi connectivity index (χ0v) is 10.2. The molecule has 0 bridgehead atoms. The fourth-order valence-corrected chi connectivity index (χ4v) is 1.60. The number of aliphatic carboxylic acids is 1. The molecule has 16 heavy (non-hydrogen) atoms. The zero-order chi connectivity index (χ0) is 10.7. The minimum absolute atomic E-state index is 0. The van der Waals surface area contributed by atoms with Crippen LogP contribution in [0.2, 0.25) is 0 Å². The van der Waals surface area contributed by atoms with Crippen molar-refractivity contribution in [3.8, 4) is 0 Å². The van der Waals surface area contributed by atoms with E-state index in [9.17, 15) is 4.79 Å². The first-order valence-electron chi connectivity index (χ1n) is 4.85. The predicted molar refractivity (Wildman–Crippen MR) is 55.9 cm³/mol. The number of carboxylic acids is 1. The molecule has 1 aliphatic carbocycles. The molecule has 1 aliphatic rings. The second-order valence-electron chi connectivity index (χ2n) is 3.42. The van der Waals surface area contributed by atoms with Gasteiger partial charge < -0.3 is 22.1 Å². The Labute approximate surface area is 104 Å². The summed E-state index contributed by atoms with van der Waals surface area (Å²) < 4.78 is 2.01. The number of hydrogen-bond acceptors (Lipinski definition) is 1. The minimum atomic E-state index is -0.816. The summed E-state index contributed by atoms with van der Waals surface area (Å²) in [5.74, 6) is -0.816. The Morgan fingerprint density at radius 3 is 2.31 bits per heavy atom. The number of allylic oxidation sites excluding steroid dienone is 3. The van der Waals surface area contributed by atoms with Crippen LogP contribution < -0.4 is 21.5 Å². The Morgan fingerprint density at radius 2 is 1.81 bits per heavy atom. The number of pyridine rings is 1. The monoisotopic (exact) mass is 281 g/mol. The van der Waals surface area contributed by atoms with Crippen molar-refractivity contribution >= 4 is 11.7 Å². The maximum atomic E-state index is 10.7. The smallest absolute Gasteiger partial charge is 0.331 e. The second-order valence-corrected chi connectivity index (χ2v) is 3.42. The summed E-state index contributed by atoms with van der Waals surface area (Å²) >= 11 is 0. The lowest BCUT2D eigenvalue weighted by Crippen LogP contribution is -3.00. The molecule has 2 rings (SSSR count). The van der Waals surface area contributed by atoms with E-state index in [1.54, 1.807) is 6.08 Å². The first kappa shape index (κ1) is 12.6. The second kappa shape index (κ2) is 5.61. The maximum absolute atomic E-state index is 10.7. The van der Waals surface area contributed by atoms with E-state index in [0.29, 0.717) is 18.4 Å². The van der Waals surface area contributed by atoms with Crippen LogP contribution in [-0.4, -0.2) is 11.1 Å². The van der Waals surface area contributed by atoms with Crippen molar-refractivity contribution in [2.45, 2.75) is 12.8 Å². The number of halogens is 1. The summed E-state index contributed by atoms with van der Waals surface area (Å²) in [4.78, 5) is 10.7. The third-order valence-corrected chi connectivity index (χ3v) is 2.44. The summed E-state index contributed by atoms with van der Waals surface area (Å²) in [5, 5.41) is 8.79. The number of aromatic nitrogens is 1. The number of hydrogen-bond donors (Lipinski definition) is 1. The van der Waals surface area contributed by atoms with Crippen LogP contribution in [-0.2, 0) is 4.79 Å². The van der Waals surface area contributed by atoms with Crippen LogP contribution in [0.15, 0.2) is 48.3 Å². The molecule has 0 atom stereocenters. The van der Waals surface area contributed by atoms with Crippen molar-refractivity contribution in [3.05, 3.63) is 48.3 Å². The van der Waals surface area contributed by atoms with Gasteiger partial charge in [0, 0.05) is 24.1 Å². The van der Waals surface area contributed by atoms with Crippen molar-refractivity contribution in [3.63, 3.8) is 0 Å². The van der Waals surface area contributed by atoms with Crippen LogP contribution in [0.3, 0.4) is 0 Å². The summed E-state index contributed by atoms with van der Waals surface area (Å²) in [6, 6.07) is 5.87. The highest BCUT2D eigenvalue weighted by Gasteiger charge is 2.16. The maximum Gasteiger partial charge on any atom is 0.331 e. The van der Waals surface area contributed by atoms with Crippen LogP contribution in [0, 0.1) is 0 Å². The van der Waals surface area contributed by atoms with Crippen LogP contribution in [0.25, 0.3) is 5.70 Å². The molecule has 84 valence electrons. The minimum Gasteiger partial charge on any atom is -1.00 e. The van der Waals surface area contributed by atoms with Crippen molar-refractivity contribution in [1.29, 1.82) is 0 Å². The Balaban J connectivity index is 0.00000128. The standard InChI is InChI=1S/C12H11NO2.BrH/c14-12(15)10-4-6-11(7-5-10)13-8-2-1-3-9-13;/h1-4,7-9H,5-6H2;1H. The molecule has 1 aromatic heterocycles. The summed E-state index contributed by atoms with van der Waals surface area (Å²) in [5.41, 5.74) is 1.61. The molecular formula is C12H12BrNO2. The number of rotatable bonds is 2. The molecule has 4 heteroatoms. The van der Waals surface area contributed by atoms with E-state index in [2.05, 4.69) is 0 Å². The van der Waals surface area contributed by atoms with Crippen molar-refractivity contribution in [2.24, 2.45) is 0 Å². The first-order valence-corrected chi connectivity index (χ1v) is 4.85. The Morgan fingerprint density at radius 1 is 1.12 bits per heavy atom. The molecule has 0 saturated carbocycles. The molecule has 0 spiro atoms. The molecule has 3 nitrogen and oxygen atoms in total. The van der Waals surface area contributed by atoms with E-state index in [1.807, 2.05) is 41.2 Å². The molecule has 0 fully saturated rings. The molecule has 0 saturated heterocycles. The molecule has 1 aromatic rings. The highest BCUT2D eigenvalue weighted by atomic mass is 79.9. The van der Waals surface area contributed by atoms with Gasteiger partial charge in [-0.3, -0.25) is 0 Å². The lowest BCUT2D eigenvalue weighted by molar-refractivity contribution is -0.583. The Bertz CT molecular complexity index is 438. The van der Waals surface area contributed by atoms with Gasteiger partial charge in [0.2, 0.25) is 0 Å². The fourth-order valence-electron chi connectivity index (χ4n) is 1.60. The number of carbonyl (C=O) groups is 1.